The van der Waals surface area contributed by atoms with Crippen molar-refractivity contribution in [2.75, 3.05) is 20.3 Å². The van der Waals surface area contributed by atoms with Crippen LogP contribution in [-0.4, -0.2) is 60.1 Å². The Labute approximate surface area is 124 Å². The van der Waals surface area contributed by atoms with E-state index >= 15 is 0 Å². The number of ether oxygens (including phenoxy) is 2. The molecule has 3 N–H and O–H groups in total. The molecule has 85 valence electrons. The topological polar surface area (TPSA) is 79.2 Å². The van der Waals surface area contributed by atoms with Crippen LogP contribution in [0.1, 0.15) is 0 Å². The van der Waals surface area contributed by atoms with Gasteiger partial charge in [0.15, 0.2) is 0 Å². The summed E-state index contributed by atoms with van der Waals surface area (Å²) in [6.45, 7) is -0.112. The number of hydrogen-bond donors (Lipinski definition) is 3. The summed E-state index contributed by atoms with van der Waals surface area (Å²) < 4.78 is 10.6. The molecule has 6 atom stereocenters. The number of hydrogen-bond acceptors (Lipinski definition) is 5. The molecule has 5 nitrogen and oxygen atoms in total. The van der Waals surface area contributed by atoms with Crippen LogP contribution in [0.2, 0.25) is 0 Å². The van der Waals surface area contributed by atoms with Gasteiger partial charge in [0.25, 0.3) is 0 Å². The van der Waals surface area contributed by atoms with Crippen LogP contribution in [0.5, 0.6) is 0 Å². The van der Waals surface area contributed by atoms with Crippen LogP contribution in [-0.2, 0) is 9.47 Å². The van der Waals surface area contributed by atoms with Gasteiger partial charge in [-0.15, -0.1) is 0 Å². The molecule has 15 heavy (non-hydrogen) atoms. The van der Waals surface area contributed by atoms with Gasteiger partial charge >= 0.3 is 0 Å². The molecule has 0 spiro atoms. The number of aliphatic hydroxyl groups excluding tert-OH is 3. The zero-order valence-electron chi connectivity index (χ0n) is 8.61. The molecule has 2 fully saturated rings. The van der Waals surface area contributed by atoms with Crippen LogP contribution in [0.4, 0.5) is 0 Å². The van der Waals surface area contributed by atoms with Gasteiger partial charge in [0.2, 0.25) is 0 Å². The standard InChI is InChI=1S/C9H16O5.Ac/c1-13-9-6(12)7-4(2-10)5(3-11)8(9)14-7;/h4-12H,2-3H2,1H3;. The van der Waals surface area contributed by atoms with Crippen LogP contribution in [0.3, 0.4) is 0 Å². The van der Waals surface area contributed by atoms with Gasteiger partial charge in [-0.05, 0) is 0 Å². The van der Waals surface area contributed by atoms with Gasteiger partial charge in [-0.3, -0.25) is 0 Å². The molecule has 2 heterocycles. The predicted octanol–water partition coefficient (Wildman–Crippen LogP) is -1.64. The molecule has 1 radical (unpaired) electrons. The Bertz CT molecular complexity index is 213. The van der Waals surface area contributed by atoms with Gasteiger partial charge in [0.1, 0.15) is 12.2 Å². The van der Waals surface area contributed by atoms with Crippen LogP contribution < -0.4 is 0 Å². The number of rotatable bonds is 3. The third-order valence-corrected chi connectivity index (χ3v) is 3.40. The minimum absolute atomic E-state index is 0. The van der Waals surface area contributed by atoms with E-state index in [1.54, 1.807) is 0 Å². The molecule has 6 unspecified atom stereocenters. The molecule has 2 aliphatic heterocycles. The molecule has 2 rings (SSSR count). The molecule has 2 aliphatic rings. The first-order valence-electron chi connectivity index (χ1n) is 4.82. The number of aliphatic hydroxyl groups is 3. The second-order valence-corrected chi connectivity index (χ2v) is 3.95. The van der Waals surface area contributed by atoms with Gasteiger partial charge in [0, 0.05) is 76.2 Å². The summed E-state index contributed by atoms with van der Waals surface area (Å²) >= 11 is 0. The zero-order chi connectivity index (χ0) is 10.3. The van der Waals surface area contributed by atoms with Crippen LogP contribution in [0.15, 0.2) is 0 Å². The molecule has 0 aromatic carbocycles. The average Bonchev–Trinajstić information content (AvgIpc) is 2.71. The summed E-state index contributed by atoms with van der Waals surface area (Å²) in [7, 11) is 1.51. The first-order chi connectivity index (χ1) is 6.74. The molecule has 0 saturated carbocycles. The van der Waals surface area contributed by atoms with Crippen molar-refractivity contribution in [1.29, 1.82) is 0 Å². The van der Waals surface area contributed by atoms with E-state index in [2.05, 4.69) is 0 Å². The summed E-state index contributed by atoms with van der Waals surface area (Å²) in [5, 5.41) is 28.0. The molecule has 0 aliphatic carbocycles. The summed E-state index contributed by atoms with van der Waals surface area (Å²) in [6.07, 6.45) is -1.75. The zero-order valence-corrected chi connectivity index (χ0v) is 13.4. The van der Waals surface area contributed by atoms with E-state index in [9.17, 15) is 5.11 Å². The van der Waals surface area contributed by atoms with Crippen LogP contribution >= 0.6 is 0 Å². The number of fused-ring (bicyclic) bond motifs is 2. The smallest absolute Gasteiger partial charge is 0.112 e. The summed E-state index contributed by atoms with van der Waals surface area (Å²) in [5.74, 6) is -0.301. The maximum Gasteiger partial charge on any atom is 0.112 e. The molecule has 2 saturated heterocycles. The molecule has 0 amide bonds. The van der Waals surface area contributed by atoms with Crippen molar-refractivity contribution >= 4 is 0 Å². The van der Waals surface area contributed by atoms with Crippen molar-refractivity contribution in [2.24, 2.45) is 11.8 Å². The third kappa shape index (κ3) is 2.15. The van der Waals surface area contributed by atoms with Crippen LogP contribution in [0.25, 0.3) is 0 Å². The van der Waals surface area contributed by atoms with Gasteiger partial charge < -0.3 is 24.8 Å². The largest absolute Gasteiger partial charge is 0.396 e. The summed E-state index contributed by atoms with van der Waals surface area (Å²) in [5.41, 5.74) is 0. The maximum atomic E-state index is 9.75. The van der Waals surface area contributed by atoms with Gasteiger partial charge in [-0.2, -0.15) is 0 Å². The first kappa shape index (κ1) is 14.3. The van der Waals surface area contributed by atoms with Crippen LogP contribution in [0, 0.1) is 55.9 Å². The Morgan fingerprint density at radius 2 is 1.67 bits per heavy atom. The third-order valence-electron chi connectivity index (χ3n) is 3.40. The van der Waals surface area contributed by atoms with E-state index in [-0.39, 0.29) is 81.3 Å². The van der Waals surface area contributed by atoms with Crippen molar-refractivity contribution in [3.05, 3.63) is 0 Å². The van der Waals surface area contributed by atoms with E-state index in [4.69, 9.17) is 19.7 Å². The monoisotopic (exact) mass is 431 g/mol. The quantitative estimate of drug-likeness (QED) is 0.500. The molecular weight excluding hydrogens is 415 g/mol. The molecule has 0 aromatic heterocycles. The fourth-order valence-corrected chi connectivity index (χ4v) is 2.66. The Balaban J connectivity index is 0.00000112. The normalized spacial score (nSPS) is 48.0. The molecule has 2 bridgehead atoms. The Morgan fingerprint density at radius 3 is 2.13 bits per heavy atom. The average molecular weight is 431 g/mol. The first-order valence-corrected chi connectivity index (χ1v) is 4.82. The minimum atomic E-state index is -0.690. The van der Waals surface area contributed by atoms with Crippen molar-refractivity contribution in [1.82, 2.24) is 0 Å². The second-order valence-electron chi connectivity index (χ2n) is 3.95. The van der Waals surface area contributed by atoms with Gasteiger partial charge in [-0.25, -0.2) is 0 Å². The fourth-order valence-electron chi connectivity index (χ4n) is 2.66. The number of methoxy groups -OCH3 is 1. The minimum Gasteiger partial charge on any atom is -0.396 e. The van der Waals surface area contributed by atoms with Crippen molar-refractivity contribution in [3.63, 3.8) is 0 Å². The molecule has 6 heteroatoms. The van der Waals surface area contributed by atoms with E-state index < -0.39 is 12.2 Å². The summed E-state index contributed by atoms with van der Waals surface area (Å²) in [6, 6.07) is 0. The second kappa shape index (κ2) is 5.72. The SMILES string of the molecule is COC1C(O)C2OC1C(CO)C2CO.[Ac]. The van der Waals surface area contributed by atoms with Crippen molar-refractivity contribution in [2.45, 2.75) is 24.4 Å². The maximum absolute atomic E-state index is 9.75. The van der Waals surface area contributed by atoms with Gasteiger partial charge in [-0.1, -0.05) is 0 Å². The van der Waals surface area contributed by atoms with Crippen molar-refractivity contribution in [3.8, 4) is 0 Å². The van der Waals surface area contributed by atoms with E-state index in [0.717, 1.165) is 0 Å². The summed E-state index contributed by atoms with van der Waals surface area (Å²) in [4.78, 5) is 0. The predicted molar refractivity (Wildman–Crippen MR) is 46.6 cm³/mol. The van der Waals surface area contributed by atoms with E-state index in [1.165, 1.54) is 7.11 Å². The molecule has 0 aromatic rings. The molecular formula is C9H16AcO5. The van der Waals surface area contributed by atoms with Crippen molar-refractivity contribution < 1.29 is 68.9 Å². The Morgan fingerprint density at radius 1 is 1.13 bits per heavy atom. The Kier molecular flexibility index (Phi) is 5.46. The van der Waals surface area contributed by atoms with E-state index in [0.29, 0.717) is 0 Å². The fraction of sp³-hybridized carbons (Fsp3) is 1.00. The van der Waals surface area contributed by atoms with E-state index in [1.807, 2.05) is 0 Å². The van der Waals surface area contributed by atoms with Gasteiger partial charge in [0.05, 0.1) is 12.2 Å². The Hall–Kier alpha value is 1.24.